The lowest BCUT2D eigenvalue weighted by molar-refractivity contribution is 0.0506. The minimum atomic E-state index is -0.689. The highest BCUT2D eigenvalue weighted by Gasteiger charge is 2.37. The number of hydrogen-bond donors (Lipinski definition) is 1. The number of piperidine rings is 1. The van der Waals surface area contributed by atoms with Gasteiger partial charge < -0.3 is 14.6 Å². The summed E-state index contributed by atoms with van der Waals surface area (Å²) in [4.78, 5) is 27.4. The molecule has 2 aromatic heterocycles. The molecule has 1 amide bonds. The van der Waals surface area contributed by atoms with Crippen LogP contribution in [0.15, 0.2) is 29.2 Å². The molecule has 160 valence electrons. The average molecular weight is 444 g/mol. The van der Waals surface area contributed by atoms with Crippen molar-refractivity contribution in [2.75, 3.05) is 6.54 Å². The van der Waals surface area contributed by atoms with Gasteiger partial charge in [0.1, 0.15) is 16.6 Å². The van der Waals surface area contributed by atoms with Crippen molar-refractivity contribution in [2.24, 2.45) is 0 Å². The van der Waals surface area contributed by atoms with Crippen molar-refractivity contribution in [3.8, 4) is 16.3 Å². The number of pyridine rings is 1. The van der Waals surface area contributed by atoms with E-state index in [1.165, 1.54) is 12.1 Å². The van der Waals surface area contributed by atoms with Crippen LogP contribution in [0.4, 0.5) is 8.78 Å². The summed E-state index contributed by atoms with van der Waals surface area (Å²) in [6, 6.07) is 3.35. The Hall–Kier alpha value is -3.14. The third-order valence-corrected chi connectivity index (χ3v) is 6.76. The molecule has 0 saturated carbocycles. The van der Waals surface area contributed by atoms with E-state index in [2.05, 4.69) is 10.2 Å². The van der Waals surface area contributed by atoms with Gasteiger partial charge in [-0.25, -0.2) is 8.78 Å². The highest BCUT2D eigenvalue weighted by atomic mass is 32.1. The number of nitrogens with zero attached hydrogens (tertiary/aromatic N) is 4. The number of aromatic hydroxyl groups is 1. The van der Waals surface area contributed by atoms with Crippen LogP contribution in [0.25, 0.3) is 10.6 Å². The molecule has 3 aromatic rings. The van der Waals surface area contributed by atoms with Crippen molar-refractivity contribution in [1.82, 2.24) is 19.7 Å². The number of amides is 1. The molecule has 1 atom stereocenters. The molecule has 1 N–H and O–H groups in total. The molecule has 4 heterocycles. The third-order valence-electron chi connectivity index (χ3n) is 5.81. The quantitative estimate of drug-likeness (QED) is 0.671. The van der Waals surface area contributed by atoms with Crippen molar-refractivity contribution in [3.63, 3.8) is 0 Å². The van der Waals surface area contributed by atoms with Crippen LogP contribution in [0, 0.1) is 11.6 Å². The van der Waals surface area contributed by atoms with Crippen LogP contribution >= 0.6 is 11.3 Å². The van der Waals surface area contributed by atoms with Gasteiger partial charge >= 0.3 is 0 Å². The molecular formula is C21H18F2N4O3S. The lowest BCUT2D eigenvalue weighted by Crippen LogP contribution is -2.51. The van der Waals surface area contributed by atoms with Gasteiger partial charge in [-0.3, -0.25) is 9.59 Å². The number of benzene rings is 1. The average Bonchev–Trinajstić information content (AvgIpc) is 3.21. The van der Waals surface area contributed by atoms with Crippen LogP contribution in [0.5, 0.6) is 5.75 Å². The van der Waals surface area contributed by atoms with Crippen molar-refractivity contribution >= 4 is 17.2 Å². The van der Waals surface area contributed by atoms with Crippen LogP contribution in [0.2, 0.25) is 0 Å². The van der Waals surface area contributed by atoms with Crippen molar-refractivity contribution in [1.29, 1.82) is 0 Å². The van der Waals surface area contributed by atoms with Gasteiger partial charge in [-0.05, 0) is 30.9 Å². The van der Waals surface area contributed by atoms with E-state index in [9.17, 15) is 23.5 Å². The molecule has 10 heteroatoms. The van der Waals surface area contributed by atoms with Crippen LogP contribution in [-0.4, -0.2) is 43.3 Å². The second-order valence-electron chi connectivity index (χ2n) is 7.78. The molecule has 0 radical (unpaired) electrons. The SMILES string of the molecule is O=C1c2c(O)c(=O)c(-c3nnc(Cc4ccc(F)cc4F)s3)cn2C[C@@H]2CCCCN12. The van der Waals surface area contributed by atoms with E-state index < -0.39 is 22.8 Å². The Balaban J connectivity index is 1.50. The first-order chi connectivity index (χ1) is 14.9. The smallest absolute Gasteiger partial charge is 0.274 e. The Kier molecular flexibility index (Phi) is 4.81. The Labute approximate surface area is 179 Å². The van der Waals surface area contributed by atoms with E-state index in [1.54, 1.807) is 15.7 Å². The molecule has 2 aliphatic rings. The second-order valence-corrected chi connectivity index (χ2v) is 8.85. The summed E-state index contributed by atoms with van der Waals surface area (Å²) in [5.41, 5.74) is -0.283. The lowest BCUT2D eigenvalue weighted by atomic mass is 9.98. The maximum absolute atomic E-state index is 13.9. The number of carbonyl (C=O) groups is 1. The van der Waals surface area contributed by atoms with E-state index in [-0.39, 0.29) is 40.2 Å². The van der Waals surface area contributed by atoms with Crippen LogP contribution in [0.1, 0.15) is 40.3 Å². The summed E-state index contributed by atoms with van der Waals surface area (Å²) in [6.07, 6.45) is 4.46. The zero-order chi connectivity index (χ0) is 21.7. The van der Waals surface area contributed by atoms with E-state index in [4.69, 9.17) is 0 Å². The fourth-order valence-corrected chi connectivity index (χ4v) is 5.12. The van der Waals surface area contributed by atoms with Crippen molar-refractivity contribution < 1.29 is 18.7 Å². The van der Waals surface area contributed by atoms with E-state index in [0.29, 0.717) is 18.1 Å². The first-order valence-electron chi connectivity index (χ1n) is 9.96. The highest BCUT2D eigenvalue weighted by Crippen LogP contribution is 2.31. The summed E-state index contributed by atoms with van der Waals surface area (Å²) >= 11 is 1.09. The Morgan fingerprint density at radius 2 is 2.03 bits per heavy atom. The number of aromatic nitrogens is 3. The summed E-state index contributed by atoms with van der Waals surface area (Å²) in [5.74, 6) is -2.27. The number of carbonyl (C=O) groups excluding carboxylic acids is 1. The van der Waals surface area contributed by atoms with Gasteiger partial charge in [0.25, 0.3) is 5.91 Å². The number of rotatable bonds is 3. The Morgan fingerprint density at radius 1 is 1.19 bits per heavy atom. The molecule has 1 saturated heterocycles. The highest BCUT2D eigenvalue weighted by molar-refractivity contribution is 7.14. The Bertz CT molecular complexity index is 1260. The fraction of sp³-hybridized carbons (Fsp3) is 0.333. The normalized spacial score (nSPS) is 18.1. The number of halogens is 2. The Morgan fingerprint density at radius 3 is 2.84 bits per heavy atom. The monoisotopic (exact) mass is 444 g/mol. The number of hydrogen-bond acceptors (Lipinski definition) is 6. The summed E-state index contributed by atoms with van der Waals surface area (Å²) in [7, 11) is 0. The molecule has 0 bridgehead atoms. The second kappa shape index (κ2) is 7.52. The molecule has 31 heavy (non-hydrogen) atoms. The third kappa shape index (κ3) is 3.40. The van der Waals surface area contributed by atoms with E-state index in [0.717, 1.165) is 36.7 Å². The van der Waals surface area contributed by atoms with Crippen LogP contribution < -0.4 is 5.43 Å². The predicted octanol–water partition coefficient (Wildman–Crippen LogP) is 2.95. The molecule has 1 aromatic carbocycles. The van der Waals surface area contributed by atoms with E-state index >= 15 is 0 Å². The van der Waals surface area contributed by atoms with Gasteiger partial charge in [0.2, 0.25) is 5.43 Å². The first kappa shape index (κ1) is 19.8. The van der Waals surface area contributed by atoms with Crippen LogP contribution in [0.3, 0.4) is 0 Å². The van der Waals surface area contributed by atoms with Crippen molar-refractivity contribution in [2.45, 2.75) is 38.3 Å². The molecular weight excluding hydrogens is 426 g/mol. The molecule has 7 nitrogen and oxygen atoms in total. The molecule has 0 spiro atoms. The standard InChI is InChI=1S/C21H18F2N4O3S/c22-12-5-4-11(15(23)8-12)7-16-24-25-20(31-16)14-10-26-9-13-3-1-2-6-27(13)21(30)17(26)19(29)18(14)28/h4-5,8,10,13,29H,1-3,6-7,9H2/t13-/m0/s1. The summed E-state index contributed by atoms with van der Waals surface area (Å²) < 4.78 is 28.7. The fourth-order valence-electron chi connectivity index (χ4n) is 4.25. The van der Waals surface area contributed by atoms with Gasteiger partial charge in [-0.1, -0.05) is 17.4 Å². The minimum absolute atomic E-state index is 0.00465. The topological polar surface area (TPSA) is 88.3 Å². The molecule has 0 unspecified atom stereocenters. The minimum Gasteiger partial charge on any atom is -0.503 e. The van der Waals surface area contributed by atoms with Gasteiger partial charge in [0.05, 0.1) is 5.56 Å². The summed E-state index contributed by atoms with van der Waals surface area (Å²) in [6.45, 7) is 1.12. The maximum atomic E-state index is 13.9. The molecule has 0 aliphatic carbocycles. The van der Waals surface area contributed by atoms with E-state index in [1.807, 2.05) is 0 Å². The maximum Gasteiger partial charge on any atom is 0.274 e. The zero-order valence-corrected chi connectivity index (χ0v) is 17.2. The zero-order valence-electron chi connectivity index (χ0n) is 16.3. The first-order valence-corrected chi connectivity index (χ1v) is 10.8. The van der Waals surface area contributed by atoms with Gasteiger partial charge in [-0.2, -0.15) is 0 Å². The predicted molar refractivity (Wildman–Crippen MR) is 109 cm³/mol. The van der Waals surface area contributed by atoms with Crippen LogP contribution in [-0.2, 0) is 13.0 Å². The largest absolute Gasteiger partial charge is 0.503 e. The van der Waals surface area contributed by atoms with Gasteiger partial charge in [-0.15, -0.1) is 10.2 Å². The van der Waals surface area contributed by atoms with Crippen molar-refractivity contribution in [3.05, 3.63) is 62.5 Å². The molecule has 5 rings (SSSR count). The molecule has 1 fully saturated rings. The lowest BCUT2D eigenvalue weighted by Gasteiger charge is -2.40. The summed E-state index contributed by atoms with van der Waals surface area (Å²) in [5, 5.41) is 19.3. The molecule has 2 aliphatic heterocycles. The van der Waals surface area contributed by atoms with Gasteiger partial charge in [0.15, 0.2) is 16.5 Å². The van der Waals surface area contributed by atoms with Gasteiger partial charge in [0, 0.05) is 37.8 Å². The number of fused-ring (bicyclic) bond motifs is 2.